The van der Waals surface area contributed by atoms with E-state index in [4.69, 9.17) is 4.74 Å². The minimum absolute atomic E-state index is 0.0885. The predicted octanol–water partition coefficient (Wildman–Crippen LogP) is 0.167. The first-order valence-electron chi connectivity index (χ1n) is 3.74. The maximum atomic E-state index is 5.59. The van der Waals surface area contributed by atoms with Gasteiger partial charge in [0, 0.05) is 19.2 Å². The summed E-state index contributed by atoms with van der Waals surface area (Å²) in [6, 6.07) is 0. The van der Waals surface area contributed by atoms with Crippen LogP contribution in [0.1, 0.15) is 12.8 Å². The second kappa shape index (κ2) is 2.32. The van der Waals surface area contributed by atoms with Crippen LogP contribution in [0.5, 0.6) is 0 Å². The summed E-state index contributed by atoms with van der Waals surface area (Å²) in [6.07, 6.45) is 4.09. The molecule has 3 heteroatoms. The highest BCUT2D eigenvalue weighted by Crippen LogP contribution is 2.25. The number of hydrogen-bond donors (Lipinski definition) is 1. The Kier molecular flexibility index (Phi) is 1.47. The van der Waals surface area contributed by atoms with Gasteiger partial charge in [-0.3, -0.25) is 10.3 Å². The van der Waals surface area contributed by atoms with Gasteiger partial charge in [-0.25, -0.2) is 0 Å². The minimum Gasteiger partial charge on any atom is -0.357 e. The zero-order chi connectivity index (χ0) is 6.86. The zero-order valence-electron chi connectivity index (χ0n) is 5.97. The van der Waals surface area contributed by atoms with Gasteiger partial charge in [0.05, 0.1) is 18.9 Å². The van der Waals surface area contributed by atoms with E-state index in [1.54, 1.807) is 0 Å². The fraction of sp³-hybridized carbons (Fsp3) is 0.857. The minimum atomic E-state index is 0.0885. The first kappa shape index (κ1) is 6.31. The average molecular weight is 140 g/mol. The summed E-state index contributed by atoms with van der Waals surface area (Å²) in [7, 11) is 0. The van der Waals surface area contributed by atoms with E-state index in [2.05, 4.69) is 10.3 Å². The lowest BCUT2D eigenvalue weighted by atomic mass is 9.97. The molecule has 2 aliphatic heterocycles. The summed E-state index contributed by atoms with van der Waals surface area (Å²) in [5.41, 5.74) is 0.0885. The fourth-order valence-corrected chi connectivity index (χ4v) is 1.48. The van der Waals surface area contributed by atoms with Crippen molar-refractivity contribution in [2.24, 2.45) is 4.99 Å². The molecule has 56 valence electrons. The van der Waals surface area contributed by atoms with Crippen LogP contribution in [-0.4, -0.2) is 31.6 Å². The topological polar surface area (TPSA) is 33.6 Å². The Hall–Kier alpha value is -0.410. The van der Waals surface area contributed by atoms with E-state index in [1.165, 1.54) is 0 Å². The quantitative estimate of drug-likeness (QED) is 0.520. The van der Waals surface area contributed by atoms with Crippen LogP contribution in [0.4, 0.5) is 0 Å². The van der Waals surface area contributed by atoms with Gasteiger partial charge in [-0.05, 0) is 6.42 Å². The van der Waals surface area contributed by atoms with Crippen molar-refractivity contribution in [2.45, 2.75) is 18.4 Å². The maximum Gasteiger partial charge on any atom is 0.0974 e. The summed E-state index contributed by atoms with van der Waals surface area (Å²) < 4.78 is 5.59. The van der Waals surface area contributed by atoms with Crippen LogP contribution in [-0.2, 0) is 4.74 Å². The van der Waals surface area contributed by atoms with Crippen LogP contribution in [0.25, 0.3) is 0 Å². The van der Waals surface area contributed by atoms with Gasteiger partial charge < -0.3 is 4.74 Å². The van der Waals surface area contributed by atoms with Crippen LogP contribution in [0.15, 0.2) is 4.99 Å². The van der Waals surface area contributed by atoms with Gasteiger partial charge >= 0.3 is 0 Å². The molecule has 1 unspecified atom stereocenters. The third-order valence-corrected chi connectivity index (χ3v) is 2.21. The summed E-state index contributed by atoms with van der Waals surface area (Å²) >= 11 is 0. The highest BCUT2D eigenvalue weighted by molar-refractivity contribution is 5.61. The van der Waals surface area contributed by atoms with Gasteiger partial charge in [-0.1, -0.05) is 0 Å². The molecule has 0 amide bonds. The number of aliphatic imine (C=N–C) groups is 1. The molecule has 0 saturated carbocycles. The smallest absolute Gasteiger partial charge is 0.0974 e. The molecule has 10 heavy (non-hydrogen) atoms. The molecule has 0 aromatic rings. The summed E-state index contributed by atoms with van der Waals surface area (Å²) in [5.74, 6) is 0. The van der Waals surface area contributed by atoms with Crippen molar-refractivity contribution in [1.82, 2.24) is 5.32 Å². The molecule has 1 N–H and O–H groups in total. The Labute approximate surface area is 60.5 Å². The van der Waals surface area contributed by atoms with Crippen LogP contribution in [0.2, 0.25) is 0 Å². The third-order valence-electron chi connectivity index (χ3n) is 2.21. The van der Waals surface area contributed by atoms with Gasteiger partial charge in [0.25, 0.3) is 0 Å². The summed E-state index contributed by atoms with van der Waals surface area (Å²) in [4.78, 5) is 4.18. The fourth-order valence-electron chi connectivity index (χ4n) is 1.48. The van der Waals surface area contributed by atoms with Crippen LogP contribution in [0, 0.1) is 0 Å². The number of nitrogens with zero attached hydrogens (tertiary/aromatic N) is 1. The Morgan fingerprint density at radius 1 is 1.60 bits per heavy atom. The molecular formula is C7H12N2O. The Bertz CT molecular complexity index is 140. The van der Waals surface area contributed by atoms with Gasteiger partial charge in [0.2, 0.25) is 0 Å². The van der Waals surface area contributed by atoms with Crippen molar-refractivity contribution in [3.05, 3.63) is 0 Å². The number of nitrogens with one attached hydrogen (secondary N) is 1. The van der Waals surface area contributed by atoms with E-state index < -0.39 is 0 Å². The molecule has 2 heterocycles. The molecule has 2 aliphatic rings. The predicted molar refractivity (Wildman–Crippen MR) is 39.3 cm³/mol. The average Bonchev–Trinajstić information content (AvgIpc) is 2.39. The van der Waals surface area contributed by atoms with Crippen molar-refractivity contribution >= 4 is 6.21 Å². The molecule has 0 radical (unpaired) electrons. The molecular weight excluding hydrogens is 128 g/mol. The standard InChI is InChI=1S/C7H12N2O/c1-3-8-5-7(1)2-4-9-6-10-7/h3,9H,1-2,4-6H2. The zero-order valence-corrected chi connectivity index (χ0v) is 5.97. The second-order valence-corrected chi connectivity index (χ2v) is 2.95. The monoisotopic (exact) mass is 140 g/mol. The third kappa shape index (κ3) is 0.954. The lowest BCUT2D eigenvalue weighted by molar-refractivity contribution is -0.0668. The largest absolute Gasteiger partial charge is 0.357 e. The highest BCUT2D eigenvalue weighted by atomic mass is 16.5. The Morgan fingerprint density at radius 3 is 3.20 bits per heavy atom. The van der Waals surface area contributed by atoms with E-state index in [9.17, 15) is 0 Å². The SMILES string of the molecule is C1=NCC2(C1)CCNCO2. The van der Waals surface area contributed by atoms with Crippen molar-refractivity contribution in [2.75, 3.05) is 19.8 Å². The van der Waals surface area contributed by atoms with Crippen LogP contribution >= 0.6 is 0 Å². The van der Waals surface area contributed by atoms with E-state index in [-0.39, 0.29) is 5.60 Å². The molecule has 0 aromatic heterocycles. The van der Waals surface area contributed by atoms with E-state index in [1.807, 2.05) is 6.21 Å². The summed E-state index contributed by atoms with van der Waals surface area (Å²) in [5, 5.41) is 3.16. The van der Waals surface area contributed by atoms with E-state index >= 15 is 0 Å². The number of hydrogen-bond acceptors (Lipinski definition) is 3. The Morgan fingerprint density at radius 2 is 2.60 bits per heavy atom. The van der Waals surface area contributed by atoms with Crippen LogP contribution in [0.3, 0.4) is 0 Å². The maximum absolute atomic E-state index is 5.59. The molecule has 0 bridgehead atoms. The molecule has 0 aromatic carbocycles. The lowest BCUT2D eigenvalue weighted by Gasteiger charge is -2.32. The first-order valence-corrected chi connectivity index (χ1v) is 3.74. The van der Waals surface area contributed by atoms with Gasteiger partial charge in [0.1, 0.15) is 0 Å². The number of ether oxygens (including phenoxy) is 1. The molecule has 1 atom stereocenters. The molecule has 1 spiro atoms. The molecule has 2 rings (SSSR count). The molecule has 0 aliphatic carbocycles. The van der Waals surface area contributed by atoms with E-state index in [0.29, 0.717) is 6.73 Å². The highest BCUT2D eigenvalue weighted by Gasteiger charge is 2.34. The van der Waals surface area contributed by atoms with Gasteiger partial charge in [-0.2, -0.15) is 0 Å². The second-order valence-electron chi connectivity index (χ2n) is 2.95. The Balaban J connectivity index is 2.00. The van der Waals surface area contributed by atoms with Gasteiger partial charge in [-0.15, -0.1) is 0 Å². The summed E-state index contributed by atoms with van der Waals surface area (Å²) in [6.45, 7) is 2.64. The molecule has 1 fully saturated rings. The first-order chi connectivity index (χ1) is 4.91. The van der Waals surface area contributed by atoms with Crippen LogP contribution < -0.4 is 5.32 Å². The lowest BCUT2D eigenvalue weighted by Crippen LogP contribution is -2.44. The molecule has 1 saturated heterocycles. The van der Waals surface area contributed by atoms with Crippen molar-refractivity contribution in [3.8, 4) is 0 Å². The van der Waals surface area contributed by atoms with Crippen molar-refractivity contribution in [1.29, 1.82) is 0 Å². The van der Waals surface area contributed by atoms with Crippen molar-refractivity contribution in [3.63, 3.8) is 0 Å². The molecule has 3 nitrogen and oxygen atoms in total. The van der Waals surface area contributed by atoms with Crippen molar-refractivity contribution < 1.29 is 4.74 Å². The van der Waals surface area contributed by atoms with E-state index in [0.717, 1.165) is 25.9 Å². The van der Waals surface area contributed by atoms with Gasteiger partial charge in [0.15, 0.2) is 0 Å². The number of rotatable bonds is 0. The normalized spacial score (nSPS) is 39.2.